The van der Waals surface area contributed by atoms with E-state index >= 15 is 0 Å². The summed E-state index contributed by atoms with van der Waals surface area (Å²) in [4.78, 5) is 206. The third-order valence-corrected chi connectivity index (χ3v) is 16.8. The topological polar surface area (TPSA) is 609 Å². The number of nitrogens with zero attached hydrogens (tertiary/aromatic N) is 1. The first-order chi connectivity index (χ1) is 48.7. The molecule has 12 atom stereocenters. The highest BCUT2D eigenvalue weighted by Gasteiger charge is 2.38. The number of carboxylic acid groups (broad SMARTS) is 1. The minimum absolute atomic E-state index is 0.00452. The molecular formula is C65H103N19O17S2. The fourth-order valence-electron chi connectivity index (χ4n) is 9.88. The first-order valence-corrected chi connectivity index (χ1v) is 36.1. The number of nitrogens with one attached hydrogen (secondary N) is 12. The van der Waals surface area contributed by atoms with E-state index in [4.69, 9.17) is 34.4 Å². The van der Waals surface area contributed by atoms with E-state index < -0.39 is 200 Å². The molecule has 572 valence electrons. The maximum absolute atomic E-state index is 14.3. The van der Waals surface area contributed by atoms with Crippen LogP contribution in [0.5, 0.6) is 0 Å². The zero-order valence-electron chi connectivity index (χ0n) is 58.8. The lowest BCUT2D eigenvalue weighted by Gasteiger charge is -2.29. The quantitative estimate of drug-likeness (QED) is 0.0166. The Hall–Kier alpha value is -9.66. The molecule has 38 heteroatoms. The Labute approximate surface area is 606 Å². The Morgan fingerprint density at radius 1 is 0.456 bits per heavy atom. The van der Waals surface area contributed by atoms with Gasteiger partial charge in [-0.25, -0.2) is 0 Å². The van der Waals surface area contributed by atoms with Gasteiger partial charge in [0.2, 0.25) is 82.7 Å². The Kier molecular flexibility index (Phi) is 41.9. The van der Waals surface area contributed by atoms with Crippen molar-refractivity contribution < 1.29 is 82.1 Å². The van der Waals surface area contributed by atoms with Crippen molar-refractivity contribution >= 4 is 118 Å². The Morgan fingerprint density at radius 3 is 1.36 bits per heavy atom. The van der Waals surface area contributed by atoms with Crippen molar-refractivity contribution in [1.29, 1.82) is 0 Å². The lowest BCUT2D eigenvalue weighted by Crippen LogP contribution is -2.62. The summed E-state index contributed by atoms with van der Waals surface area (Å²) in [5, 5.41) is 50.4. The molecule has 12 unspecified atom stereocenters. The largest absolute Gasteiger partial charge is 0.481 e. The average Bonchev–Trinajstić information content (AvgIpc) is 0.858. The number of aliphatic imine (C=N–C) groups is 1. The standard InChI is InChI=1S/C65H103N19O17S2/c1-35(2)52(83-62(99)47(32-48(68)86)82-57(94)41(20-13-14-26-66)78-61(98)46(76-49(87)33-67)31-39-18-11-8-12-19-39)63(100)81-42(22-23-51(89)90)58(95)79-43(24-28-102-5)59(96)80-44(25-29-103-6)60(97)84-53(37(4)85)64(101)74-36(3)55(92)77-40(21-15-27-72-65(70)71)56(93)73-34-50(88)75-45(54(69)91)30-38-16-9-7-10-17-38/h7-12,16-19,35-37,40-47,52-53,85H,13-15,20-34,66-67H2,1-6H3,(H2,68,86)(H2,69,91)(H,73,93)(H,74,101)(H,75,88)(H,76,87)(H,77,92)(H,78,98)(H,79,95)(H,80,96)(H,81,100)(H,82,94)(H,83,99)(H,84,97)(H,89,90)(H4,70,71,72). The molecule has 103 heavy (non-hydrogen) atoms. The van der Waals surface area contributed by atoms with Gasteiger partial charge in [0.05, 0.1) is 25.6 Å². The lowest BCUT2D eigenvalue weighted by atomic mass is 10.0. The van der Waals surface area contributed by atoms with Crippen molar-refractivity contribution in [3.8, 4) is 0 Å². The third kappa shape index (κ3) is 35.2. The van der Waals surface area contributed by atoms with E-state index in [2.05, 4.69) is 68.8 Å². The van der Waals surface area contributed by atoms with Crippen molar-refractivity contribution in [2.75, 3.05) is 50.2 Å². The molecule has 0 bridgehead atoms. The summed E-state index contributed by atoms with van der Waals surface area (Å²) in [5.41, 5.74) is 34.6. The Balaban J connectivity index is 2.36. The van der Waals surface area contributed by atoms with E-state index in [1.165, 1.54) is 44.3 Å². The molecule has 0 heterocycles. The summed E-state index contributed by atoms with van der Waals surface area (Å²) in [6.07, 6.45) is 0.199. The molecule has 0 aliphatic heterocycles. The van der Waals surface area contributed by atoms with Crippen LogP contribution < -0.4 is 98.2 Å². The minimum atomic E-state index is -1.79. The monoisotopic (exact) mass is 1490 g/mol. The van der Waals surface area contributed by atoms with Crippen LogP contribution in [0.15, 0.2) is 65.7 Å². The number of aliphatic hydroxyl groups is 1. The molecule has 0 aliphatic rings. The van der Waals surface area contributed by atoms with Crippen LogP contribution in [0.1, 0.15) is 103 Å². The van der Waals surface area contributed by atoms with Crippen LogP contribution in [0.3, 0.4) is 0 Å². The predicted octanol–water partition coefficient (Wildman–Crippen LogP) is -6.15. The van der Waals surface area contributed by atoms with Gasteiger partial charge in [-0.05, 0) is 113 Å². The summed E-state index contributed by atoms with van der Waals surface area (Å²) in [6, 6.07) is 0.950. The van der Waals surface area contributed by atoms with E-state index in [0.717, 1.165) is 6.92 Å². The van der Waals surface area contributed by atoms with Crippen molar-refractivity contribution in [2.24, 2.45) is 45.3 Å². The van der Waals surface area contributed by atoms with E-state index in [9.17, 15) is 82.1 Å². The van der Waals surface area contributed by atoms with Crippen LogP contribution in [0.4, 0.5) is 0 Å². The molecule has 0 spiro atoms. The molecule has 0 aromatic heterocycles. The second-order valence-corrected chi connectivity index (χ2v) is 26.4. The van der Waals surface area contributed by atoms with Gasteiger partial charge in [-0.2, -0.15) is 23.5 Å². The zero-order valence-corrected chi connectivity index (χ0v) is 60.4. The fraction of sp³-hybridized carbons (Fsp3) is 0.569. The first-order valence-electron chi connectivity index (χ1n) is 33.3. The van der Waals surface area contributed by atoms with Crippen molar-refractivity contribution in [3.63, 3.8) is 0 Å². The number of amides is 14. The number of nitrogens with two attached hydrogens (primary N) is 6. The first kappa shape index (κ1) is 89.4. The predicted molar refractivity (Wildman–Crippen MR) is 384 cm³/mol. The second kappa shape index (κ2) is 48.3. The average molecular weight is 1490 g/mol. The Bertz CT molecular complexity index is 3190. The molecule has 0 saturated heterocycles. The lowest BCUT2D eigenvalue weighted by molar-refractivity contribution is -0.139. The number of carbonyl (C=O) groups excluding carboxylic acids is 14. The molecule has 0 fully saturated rings. The summed E-state index contributed by atoms with van der Waals surface area (Å²) < 4.78 is 0. The van der Waals surface area contributed by atoms with Crippen LogP contribution in [-0.2, 0) is 84.8 Å². The van der Waals surface area contributed by atoms with E-state index in [-0.39, 0.29) is 75.5 Å². The molecule has 36 nitrogen and oxygen atoms in total. The van der Waals surface area contributed by atoms with E-state index in [1.54, 1.807) is 73.2 Å². The molecule has 0 aliphatic carbocycles. The van der Waals surface area contributed by atoms with Crippen molar-refractivity contribution in [3.05, 3.63) is 71.8 Å². The molecule has 0 radical (unpaired) electrons. The molecule has 0 saturated carbocycles. The highest BCUT2D eigenvalue weighted by Crippen LogP contribution is 2.13. The summed E-state index contributed by atoms with van der Waals surface area (Å²) in [7, 11) is 0. The van der Waals surface area contributed by atoms with Crippen molar-refractivity contribution in [2.45, 2.75) is 177 Å². The number of hydrogen-bond donors (Lipinski definition) is 20. The van der Waals surface area contributed by atoms with Gasteiger partial charge in [0.1, 0.15) is 66.5 Å². The van der Waals surface area contributed by atoms with Crippen LogP contribution >= 0.6 is 23.5 Å². The number of thioether (sulfide) groups is 2. The zero-order chi connectivity index (χ0) is 77.3. The molecule has 26 N–H and O–H groups in total. The number of carboxylic acids is 1. The number of aliphatic hydroxyl groups excluding tert-OH is 1. The van der Waals surface area contributed by atoms with Crippen LogP contribution in [0, 0.1) is 5.92 Å². The highest BCUT2D eigenvalue weighted by molar-refractivity contribution is 7.98. The SMILES string of the molecule is CSCCC(NC(=O)C(CCC(=O)O)NC(=O)C(NC(=O)C(CC(N)=O)NC(=O)C(CCCCN)NC(=O)C(Cc1ccccc1)NC(=O)CN)C(C)C)C(=O)NC(CCSC)C(=O)NC(C(=O)NC(C)C(=O)NC(CCCN=C(N)N)C(=O)NCC(=O)NC(Cc1ccccc1)C(N)=O)C(C)O. The van der Waals surface area contributed by atoms with Gasteiger partial charge in [-0.3, -0.25) is 76.9 Å². The van der Waals surface area contributed by atoms with Gasteiger partial charge >= 0.3 is 5.97 Å². The number of guanidine groups is 1. The van der Waals surface area contributed by atoms with Crippen LogP contribution in [0.25, 0.3) is 0 Å². The maximum atomic E-state index is 14.3. The van der Waals surface area contributed by atoms with Crippen LogP contribution in [-0.4, -0.2) is 228 Å². The molecule has 2 aromatic rings. The molecule has 2 aromatic carbocycles. The third-order valence-electron chi connectivity index (χ3n) is 15.5. The summed E-state index contributed by atoms with van der Waals surface area (Å²) in [6.45, 7) is 4.51. The van der Waals surface area contributed by atoms with Gasteiger partial charge in [0, 0.05) is 25.8 Å². The molecule has 2 rings (SSSR count). The summed E-state index contributed by atoms with van der Waals surface area (Å²) in [5.74, 6) is -15.2. The van der Waals surface area contributed by atoms with Gasteiger partial charge in [-0.15, -0.1) is 0 Å². The maximum Gasteiger partial charge on any atom is 0.303 e. The summed E-state index contributed by atoms with van der Waals surface area (Å²) >= 11 is 2.53. The highest BCUT2D eigenvalue weighted by atomic mass is 32.2. The number of carbonyl (C=O) groups is 15. The number of primary amides is 2. The number of aliphatic carboxylic acids is 1. The van der Waals surface area contributed by atoms with Crippen molar-refractivity contribution in [1.82, 2.24) is 63.8 Å². The molecule has 14 amide bonds. The van der Waals surface area contributed by atoms with Gasteiger partial charge in [-0.1, -0.05) is 74.5 Å². The number of benzene rings is 2. The number of hydrogen-bond acceptors (Lipinski definition) is 21. The number of unbranched alkanes of at least 4 members (excludes halogenated alkanes) is 1. The van der Waals surface area contributed by atoms with Gasteiger partial charge in [0.15, 0.2) is 5.96 Å². The number of rotatable bonds is 50. The fourth-order valence-corrected chi connectivity index (χ4v) is 10.8. The second-order valence-electron chi connectivity index (χ2n) is 24.4. The van der Waals surface area contributed by atoms with E-state index in [1.807, 2.05) is 0 Å². The Morgan fingerprint density at radius 2 is 0.883 bits per heavy atom. The smallest absolute Gasteiger partial charge is 0.303 e. The van der Waals surface area contributed by atoms with Gasteiger partial charge in [0.25, 0.3) is 0 Å². The minimum Gasteiger partial charge on any atom is -0.481 e. The van der Waals surface area contributed by atoms with Gasteiger partial charge < -0.3 is 108 Å². The normalized spacial score (nSPS) is 14.5. The van der Waals surface area contributed by atoms with Crippen LogP contribution in [0.2, 0.25) is 0 Å². The molecular weight excluding hydrogens is 1380 g/mol. The van der Waals surface area contributed by atoms with E-state index in [0.29, 0.717) is 24.0 Å².